The van der Waals surface area contributed by atoms with Crippen LogP contribution in [0.25, 0.3) is 0 Å². The van der Waals surface area contributed by atoms with Gasteiger partial charge < -0.3 is 20.7 Å². The minimum atomic E-state index is -0.751. The molecule has 2 rings (SSSR count). The number of amides is 5. The van der Waals surface area contributed by atoms with Gasteiger partial charge in [-0.25, -0.2) is 4.79 Å². The molecular formula is C18H28N4O6. The maximum absolute atomic E-state index is 12.5. The van der Waals surface area contributed by atoms with E-state index in [2.05, 4.69) is 16.0 Å². The van der Waals surface area contributed by atoms with E-state index in [0.29, 0.717) is 19.4 Å². The Morgan fingerprint density at radius 1 is 1.14 bits per heavy atom. The molecule has 28 heavy (non-hydrogen) atoms. The molecule has 0 atom stereocenters. The summed E-state index contributed by atoms with van der Waals surface area (Å²) in [7, 11) is 0. The van der Waals surface area contributed by atoms with Gasteiger partial charge in [-0.15, -0.1) is 0 Å². The molecule has 0 aromatic heterocycles. The van der Waals surface area contributed by atoms with Crippen LogP contribution in [0.1, 0.15) is 51.9 Å². The van der Waals surface area contributed by atoms with Crippen molar-refractivity contribution < 1.29 is 28.7 Å². The van der Waals surface area contributed by atoms with Crippen molar-refractivity contribution >= 4 is 29.7 Å². The molecule has 0 bridgehead atoms. The van der Waals surface area contributed by atoms with Crippen LogP contribution in [0.15, 0.2) is 0 Å². The first-order valence-corrected chi connectivity index (χ1v) is 9.71. The summed E-state index contributed by atoms with van der Waals surface area (Å²) >= 11 is 0. The molecule has 0 radical (unpaired) electrons. The van der Waals surface area contributed by atoms with Crippen LogP contribution in [0.5, 0.6) is 0 Å². The lowest BCUT2D eigenvalue weighted by Gasteiger charge is -2.19. The molecule has 0 unspecified atom stereocenters. The summed E-state index contributed by atoms with van der Waals surface area (Å²) < 4.78 is 4.84. The molecule has 1 aliphatic carbocycles. The smallest absolute Gasteiger partial charge is 0.325 e. The molecule has 2 fully saturated rings. The number of imide groups is 1. The van der Waals surface area contributed by atoms with Crippen LogP contribution in [-0.2, 0) is 23.9 Å². The third-order valence-electron chi connectivity index (χ3n) is 4.85. The second-order valence-electron chi connectivity index (χ2n) is 7.07. The zero-order valence-corrected chi connectivity index (χ0v) is 16.2. The van der Waals surface area contributed by atoms with Gasteiger partial charge in [0.1, 0.15) is 5.54 Å². The number of nitrogens with one attached hydrogen (secondary N) is 3. The molecule has 0 aromatic rings. The minimum Gasteiger partial charge on any atom is -0.456 e. The Balaban J connectivity index is 1.61. The highest BCUT2D eigenvalue weighted by Gasteiger charge is 2.52. The molecule has 156 valence electrons. The third-order valence-corrected chi connectivity index (χ3v) is 4.85. The molecule has 3 N–H and O–H groups in total. The van der Waals surface area contributed by atoms with Crippen LogP contribution in [0.4, 0.5) is 4.79 Å². The van der Waals surface area contributed by atoms with Gasteiger partial charge in [-0.1, -0.05) is 19.8 Å². The second-order valence-corrected chi connectivity index (χ2v) is 7.07. The Hall–Kier alpha value is -2.65. The van der Waals surface area contributed by atoms with E-state index in [1.165, 1.54) is 0 Å². The van der Waals surface area contributed by atoms with Crippen molar-refractivity contribution in [1.82, 2.24) is 20.9 Å². The standard InChI is InChI=1S/C18H28N4O6/c1-2-9-19-13(23)11-20-14(24)12-28-15(25)6-5-10-22-16(26)18(21-17(22)27)7-3-4-8-18/h2-12H2,1H3,(H,19,23)(H,20,24)(H,21,27). The van der Waals surface area contributed by atoms with Gasteiger partial charge in [0.05, 0.1) is 6.54 Å². The van der Waals surface area contributed by atoms with Gasteiger partial charge in [0.15, 0.2) is 6.61 Å². The summed E-state index contributed by atoms with van der Waals surface area (Å²) in [5.74, 6) is -1.70. The number of esters is 1. The second kappa shape index (κ2) is 10.0. The van der Waals surface area contributed by atoms with Gasteiger partial charge in [0, 0.05) is 19.5 Å². The van der Waals surface area contributed by atoms with Gasteiger partial charge in [0.2, 0.25) is 5.91 Å². The number of rotatable bonds is 10. The predicted octanol–water partition coefficient (Wildman–Crippen LogP) is -0.183. The van der Waals surface area contributed by atoms with Crippen molar-refractivity contribution in [3.8, 4) is 0 Å². The number of hydrogen-bond donors (Lipinski definition) is 3. The molecule has 10 nitrogen and oxygen atoms in total. The van der Waals surface area contributed by atoms with E-state index >= 15 is 0 Å². The minimum absolute atomic E-state index is 0.0195. The van der Waals surface area contributed by atoms with Crippen LogP contribution in [0.3, 0.4) is 0 Å². The van der Waals surface area contributed by atoms with Crippen molar-refractivity contribution in [2.75, 3.05) is 26.2 Å². The van der Waals surface area contributed by atoms with Gasteiger partial charge in [-0.05, 0) is 25.7 Å². The van der Waals surface area contributed by atoms with Gasteiger partial charge in [-0.2, -0.15) is 0 Å². The summed E-state index contributed by atoms with van der Waals surface area (Å²) in [6.45, 7) is 1.92. The predicted molar refractivity (Wildman–Crippen MR) is 97.9 cm³/mol. The van der Waals surface area contributed by atoms with Crippen LogP contribution in [-0.4, -0.2) is 66.4 Å². The van der Waals surface area contributed by atoms with Gasteiger partial charge >= 0.3 is 12.0 Å². The molecule has 1 aliphatic heterocycles. The van der Waals surface area contributed by atoms with Crippen LogP contribution < -0.4 is 16.0 Å². The fraction of sp³-hybridized carbons (Fsp3) is 0.722. The average molecular weight is 396 g/mol. The van der Waals surface area contributed by atoms with E-state index in [0.717, 1.165) is 24.2 Å². The first kappa shape index (κ1) is 21.6. The average Bonchev–Trinajstić information content (AvgIpc) is 3.23. The van der Waals surface area contributed by atoms with E-state index in [4.69, 9.17) is 4.74 Å². The lowest BCUT2D eigenvalue weighted by Crippen LogP contribution is -2.44. The van der Waals surface area contributed by atoms with Gasteiger partial charge in [0.25, 0.3) is 11.8 Å². The maximum atomic E-state index is 12.5. The lowest BCUT2D eigenvalue weighted by atomic mass is 9.98. The topological polar surface area (TPSA) is 134 Å². The fourth-order valence-electron chi connectivity index (χ4n) is 3.35. The Bertz CT molecular complexity index is 630. The van der Waals surface area contributed by atoms with Crippen molar-refractivity contribution in [3.63, 3.8) is 0 Å². The molecule has 1 spiro atoms. The normalized spacial score (nSPS) is 17.5. The quantitative estimate of drug-likeness (QED) is 0.346. The highest BCUT2D eigenvalue weighted by Crippen LogP contribution is 2.35. The largest absolute Gasteiger partial charge is 0.456 e. The van der Waals surface area contributed by atoms with E-state index in [1.807, 2.05) is 6.92 Å². The molecule has 5 amide bonds. The van der Waals surface area contributed by atoms with Crippen molar-refractivity contribution in [1.29, 1.82) is 0 Å². The third kappa shape index (κ3) is 5.67. The lowest BCUT2D eigenvalue weighted by molar-refractivity contribution is -0.148. The zero-order chi connectivity index (χ0) is 20.6. The number of urea groups is 1. The number of nitrogens with zero attached hydrogens (tertiary/aromatic N) is 1. The monoisotopic (exact) mass is 396 g/mol. The summed E-state index contributed by atoms with van der Waals surface area (Å²) in [5.41, 5.74) is -0.751. The number of carbonyl (C=O) groups is 5. The molecule has 0 aromatic carbocycles. The van der Waals surface area contributed by atoms with Crippen molar-refractivity contribution in [2.24, 2.45) is 0 Å². The highest BCUT2D eigenvalue weighted by atomic mass is 16.5. The van der Waals surface area contributed by atoms with E-state index in [1.54, 1.807) is 0 Å². The fourth-order valence-corrected chi connectivity index (χ4v) is 3.35. The Kier molecular flexibility index (Phi) is 7.77. The molecule has 1 saturated carbocycles. The van der Waals surface area contributed by atoms with E-state index < -0.39 is 30.1 Å². The number of hydrogen-bond acceptors (Lipinski definition) is 6. The number of ether oxygens (including phenoxy) is 1. The summed E-state index contributed by atoms with van der Waals surface area (Å²) in [6, 6.07) is -0.416. The number of carbonyl (C=O) groups excluding carboxylic acids is 5. The first-order chi connectivity index (χ1) is 13.4. The molecule has 10 heteroatoms. The Morgan fingerprint density at radius 3 is 2.54 bits per heavy atom. The van der Waals surface area contributed by atoms with Crippen molar-refractivity contribution in [2.45, 2.75) is 57.4 Å². The Morgan fingerprint density at radius 2 is 1.86 bits per heavy atom. The molecule has 1 saturated heterocycles. The SMILES string of the molecule is CCCNC(=O)CNC(=O)COC(=O)CCCN1C(=O)NC2(CCCC2)C1=O. The molecule has 1 heterocycles. The summed E-state index contributed by atoms with van der Waals surface area (Å²) in [4.78, 5) is 60.3. The van der Waals surface area contributed by atoms with Crippen LogP contribution >= 0.6 is 0 Å². The van der Waals surface area contributed by atoms with Crippen molar-refractivity contribution in [3.05, 3.63) is 0 Å². The van der Waals surface area contributed by atoms with Crippen LogP contribution in [0, 0.1) is 0 Å². The zero-order valence-electron chi connectivity index (χ0n) is 16.2. The highest BCUT2D eigenvalue weighted by molar-refractivity contribution is 6.07. The van der Waals surface area contributed by atoms with Gasteiger partial charge in [-0.3, -0.25) is 24.1 Å². The molecular weight excluding hydrogens is 368 g/mol. The van der Waals surface area contributed by atoms with E-state index in [-0.39, 0.29) is 37.7 Å². The summed E-state index contributed by atoms with van der Waals surface area (Å²) in [6.07, 6.45) is 4.17. The van der Waals surface area contributed by atoms with E-state index in [9.17, 15) is 24.0 Å². The molecule has 2 aliphatic rings. The van der Waals surface area contributed by atoms with Crippen LogP contribution in [0.2, 0.25) is 0 Å². The Labute approximate surface area is 163 Å². The summed E-state index contributed by atoms with van der Waals surface area (Å²) in [5, 5.41) is 7.74. The first-order valence-electron chi connectivity index (χ1n) is 9.71. The maximum Gasteiger partial charge on any atom is 0.325 e.